The molecule has 2 heterocycles. The van der Waals surface area contributed by atoms with Gasteiger partial charge in [0.15, 0.2) is 0 Å². The summed E-state index contributed by atoms with van der Waals surface area (Å²) in [5, 5.41) is 11.9. The SMILES string of the molecule is Cc1ccc(-c2ccc(N[C@H](C)c3ccccc3)nn2)cc1S(=O)(=O)N1CCOCC1. The molecule has 0 saturated carbocycles. The Morgan fingerprint density at radius 3 is 2.42 bits per heavy atom. The largest absolute Gasteiger partial charge is 0.379 e. The molecule has 8 heteroatoms. The van der Waals surface area contributed by atoms with Crippen LogP contribution in [0, 0.1) is 6.92 Å². The molecule has 0 radical (unpaired) electrons. The highest BCUT2D eigenvalue weighted by molar-refractivity contribution is 7.89. The number of hydrogen-bond acceptors (Lipinski definition) is 6. The van der Waals surface area contributed by atoms with Gasteiger partial charge in [0.2, 0.25) is 10.0 Å². The zero-order chi connectivity index (χ0) is 21.8. The lowest BCUT2D eigenvalue weighted by atomic mass is 10.1. The molecule has 0 bridgehead atoms. The molecule has 31 heavy (non-hydrogen) atoms. The van der Waals surface area contributed by atoms with Gasteiger partial charge in [-0.05, 0) is 43.2 Å². The van der Waals surface area contributed by atoms with Crippen molar-refractivity contribution in [2.45, 2.75) is 24.8 Å². The van der Waals surface area contributed by atoms with E-state index in [1.54, 1.807) is 13.0 Å². The number of anilines is 1. The first-order chi connectivity index (χ1) is 14.9. The molecule has 1 aliphatic rings. The first-order valence-electron chi connectivity index (χ1n) is 10.3. The molecule has 1 aliphatic heterocycles. The minimum absolute atomic E-state index is 0.0889. The van der Waals surface area contributed by atoms with Gasteiger partial charge in [0.25, 0.3) is 0 Å². The molecule has 1 N–H and O–H groups in total. The molecule has 1 aromatic heterocycles. The quantitative estimate of drug-likeness (QED) is 0.632. The number of aromatic nitrogens is 2. The first-order valence-corrected chi connectivity index (χ1v) is 11.7. The molecule has 4 rings (SSSR count). The number of rotatable bonds is 6. The predicted octanol–water partition coefficient (Wildman–Crippen LogP) is 3.65. The lowest BCUT2D eigenvalue weighted by Gasteiger charge is -2.26. The molecular formula is C23H26N4O3S. The van der Waals surface area contributed by atoms with Crippen molar-refractivity contribution in [3.63, 3.8) is 0 Å². The summed E-state index contributed by atoms with van der Waals surface area (Å²) in [6.07, 6.45) is 0. The van der Waals surface area contributed by atoms with Gasteiger partial charge in [-0.2, -0.15) is 4.31 Å². The number of hydrogen-bond donors (Lipinski definition) is 1. The van der Waals surface area contributed by atoms with E-state index in [0.29, 0.717) is 53.8 Å². The topological polar surface area (TPSA) is 84.4 Å². The fraction of sp³-hybridized carbons (Fsp3) is 0.304. The van der Waals surface area contributed by atoms with Crippen LogP contribution in [0.5, 0.6) is 0 Å². The Kier molecular flexibility index (Phi) is 6.31. The van der Waals surface area contributed by atoms with Gasteiger partial charge in [0.1, 0.15) is 5.82 Å². The van der Waals surface area contributed by atoms with Crippen LogP contribution in [-0.4, -0.2) is 49.2 Å². The number of aryl methyl sites for hydroxylation is 1. The second kappa shape index (κ2) is 9.13. The standard InChI is InChI=1S/C23H26N4O3S/c1-17-8-9-20(16-22(17)31(28,29)27-12-14-30-15-13-27)21-10-11-23(26-25-21)24-18(2)19-6-4-3-5-7-19/h3-11,16,18H,12-15H2,1-2H3,(H,24,26)/t18-/m1/s1. The summed E-state index contributed by atoms with van der Waals surface area (Å²) in [5.74, 6) is 0.661. The molecule has 2 aromatic carbocycles. The summed E-state index contributed by atoms with van der Waals surface area (Å²) >= 11 is 0. The summed E-state index contributed by atoms with van der Waals surface area (Å²) in [6, 6.07) is 19.3. The van der Waals surface area contributed by atoms with E-state index in [1.165, 1.54) is 4.31 Å². The summed E-state index contributed by atoms with van der Waals surface area (Å²) in [6.45, 7) is 5.44. The molecule has 0 amide bonds. The third-order valence-corrected chi connectivity index (χ3v) is 7.44. The zero-order valence-electron chi connectivity index (χ0n) is 17.7. The van der Waals surface area contributed by atoms with Gasteiger partial charge in [0, 0.05) is 24.7 Å². The van der Waals surface area contributed by atoms with Crippen molar-refractivity contribution < 1.29 is 13.2 Å². The maximum atomic E-state index is 13.1. The van der Waals surface area contributed by atoms with Crippen LogP contribution in [0.15, 0.2) is 65.6 Å². The summed E-state index contributed by atoms with van der Waals surface area (Å²) in [4.78, 5) is 0.300. The van der Waals surface area contributed by atoms with Crippen molar-refractivity contribution in [3.05, 3.63) is 71.8 Å². The number of sulfonamides is 1. The highest BCUT2D eigenvalue weighted by Gasteiger charge is 2.28. The zero-order valence-corrected chi connectivity index (χ0v) is 18.5. The van der Waals surface area contributed by atoms with Gasteiger partial charge < -0.3 is 10.1 Å². The van der Waals surface area contributed by atoms with Crippen molar-refractivity contribution in [2.24, 2.45) is 0 Å². The molecule has 1 atom stereocenters. The van der Waals surface area contributed by atoms with Crippen LogP contribution >= 0.6 is 0 Å². The smallest absolute Gasteiger partial charge is 0.243 e. The molecular weight excluding hydrogens is 412 g/mol. The molecule has 162 valence electrons. The van der Waals surface area contributed by atoms with Gasteiger partial charge in [-0.3, -0.25) is 0 Å². The van der Waals surface area contributed by atoms with Gasteiger partial charge >= 0.3 is 0 Å². The lowest BCUT2D eigenvalue weighted by molar-refractivity contribution is 0.0730. The average molecular weight is 439 g/mol. The van der Waals surface area contributed by atoms with Crippen molar-refractivity contribution in [3.8, 4) is 11.3 Å². The van der Waals surface area contributed by atoms with Crippen LogP contribution in [0.3, 0.4) is 0 Å². The fourth-order valence-electron chi connectivity index (χ4n) is 3.57. The Bertz CT molecular complexity index is 1130. The van der Waals surface area contributed by atoms with Crippen LogP contribution in [0.25, 0.3) is 11.3 Å². The van der Waals surface area contributed by atoms with E-state index in [2.05, 4.69) is 34.6 Å². The Morgan fingerprint density at radius 2 is 1.74 bits per heavy atom. The average Bonchev–Trinajstić information content (AvgIpc) is 2.81. The third-order valence-electron chi connectivity index (χ3n) is 5.40. The van der Waals surface area contributed by atoms with E-state index in [9.17, 15) is 8.42 Å². The van der Waals surface area contributed by atoms with Crippen molar-refractivity contribution in [2.75, 3.05) is 31.6 Å². The predicted molar refractivity (Wildman–Crippen MR) is 120 cm³/mol. The van der Waals surface area contributed by atoms with E-state index in [-0.39, 0.29) is 6.04 Å². The van der Waals surface area contributed by atoms with Gasteiger partial charge in [-0.1, -0.05) is 42.5 Å². The monoisotopic (exact) mass is 438 g/mol. The fourth-order valence-corrected chi connectivity index (χ4v) is 5.23. The Balaban J connectivity index is 1.55. The van der Waals surface area contributed by atoms with E-state index in [4.69, 9.17) is 4.74 Å². The maximum absolute atomic E-state index is 13.1. The summed E-state index contributed by atoms with van der Waals surface area (Å²) < 4.78 is 33.0. The second-order valence-electron chi connectivity index (χ2n) is 7.58. The van der Waals surface area contributed by atoms with Crippen LogP contribution in [0.1, 0.15) is 24.1 Å². The maximum Gasteiger partial charge on any atom is 0.243 e. The van der Waals surface area contributed by atoms with Crippen LogP contribution in [0.2, 0.25) is 0 Å². The summed E-state index contributed by atoms with van der Waals surface area (Å²) in [7, 11) is -3.59. The molecule has 7 nitrogen and oxygen atoms in total. The van der Waals surface area contributed by atoms with Crippen molar-refractivity contribution in [1.82, 2.24) is 14.5 Å². The number of nitrogens with zero attached hydrogens (tertiary/aromatic N) is 3. The number of nitrogens with one attached hydrogen (secondary N) is 1. The molecule has 0 aliphatic carbocycles. The third kappa shape index (κ3) is 4.76. The highest BCUT2D eigenvalue weighted by atomic mass is 32.2. The van der Waals surface area contributed by atoms with Crippen LogP contribution in [-0.2, 0) is 14.8 Å². The number of morpholine rings is 1. The van der Waals surface area contributed by atoms with Crippen LogP contribution < -0.4 is 5.32 Å². The Labute approximate surface area is 183 Å². The normalized spacial score (nSPS) is 16.1. The highest BCUT2D eigenvalue weighted by Crippen LogP contribution is 2.27. The molecule has 1 fully saturated rings. The van der Waals surface area contributed by atoms with Crippen molar-refractivity contribution in [1.29, 1.82) is 0 Å². The minimum atomic E-state index is -3.59. The molecule has 3 aromatic rings. The number of ether oxygens (including phenoxy) is 1. The van der Waals surface area contributed by atoms with Crippen molar-refractivity contribution >= 4 is 15.8 Å². The molecule has 0 unspecified atom stereocenters. The van der Waals surface area contributed by atoms with Gasteiger partial charge in [0.05, 0.1) is 23.8 Å². The summed E-state index contributed by atoms with van der Waals surface area (Å²) in [5.41, 5.74) is 3.20. The van der Waals surface area contributed by atoms with E-state index < -0.39 is 10.0 Å². The Morgan fingerprint density at radius 1 is 1.00 bits per heavy atom. The Hall–Kier alpha value is -2.81. The lowest BCUT2D eigenvalue weighted by Crippen LogP contribution is -2.40. The molecule has 1 saturated heterocycles. The van der Waals surface area contributed by atoms with Gasteiger partial charge in [-0.25, -0.2) is 8.42 Å². The minimum Gasteiger partial charge on any atom is -0.379 e. The van der Waals surface area contributed by atoms with E-state index >= 15 is 0 Å². The second-order valence-corrected chi connectivity index (χ2v) is 9.48. The molecule has 0 spiro atoms. The van der Waals surface area contributed by atoms with Gasteiger partial charge in [-0.15, -0.1) is 10.2 Å². The van der Waals surface area contributed by atoms with Crippen LogP contribution in [0.4, 0.5) is 5.82 Å². The number of benzene rings is 2. The first kappa shape index (κ1) is 21.4. The van der Waals surface area contributed by atoms with E-state index in [0.717, 1.165) is 5.56 Å². The van der Waals surface area contributed by atoms with E-state index in [1.807, 2.05) is 42.5 Å².